The van der Waals surface area contributed by atoms with Crippen LogP contribution in [0.1, 0.15) is 44.6 Å². The molecule has 3 rings (SSSR count). The van der Waals surface area contributed by atoms with Crippen molar-refractivity contribution in [3.8, 4) is 0 Å². The van der Waals surface area contributed by atoms with E-state index >= 15 is 0 Å². The maximum absolute atomic E-state index is 12.9. The molecule has 2 fully saturated rings. The lowest BCUT2D eigenvalue weighted by Crippen LogP contribution is -2.50. The molecule has 0 aliphatic carbocycles. The minimum atomic E-state index is -3.49. The Bertz CT molecular complexity index is 667. The second kappa shape index (κ2) is 5.66. The molecule has 0 aromatic heterocycles. The smallest absolute Gasteiger partial charge is 0.243 e. The first-order valence-electron chi connectivity index (χ1n) is 7.81. The molecule has 0 bridgehead atoms. The molecule has 6 heteroatoms. The minimum absolute atomic E-state index is 0.0294. The molecule has 2 aliphatic heterocycles. The number of fused-ring (bicyclic) bond motifs is 1. The maximum atomic E-state index is 12.9. The van der Waals surface area contributed by atoms with Crippen LogP contribution in [-0.4, -0.2) is 37.3 Å². The first-order chi connectivity index (χ1) is 10.4. The zero-order valence-corrected chi connectivity index (χ0v) is 13.8. The summed E-state index contributed by atoms with van der Waals surface area (Å²) in [5.74, 6) is 0.406. The summed E-state index contributed by atoms with van der Waals surface area (Å²) in [5, 5.41) is 2.91. The highest BCUT2D eigenvalue weighted by molar-refractivity contribution is 7.89. The standard InChI is InChI=1S/C16H22N2O3S/c1-11(2)12-3-5-13(6-4-12)22(20,21)18-10-9-14-15(18)7-8-16(19)17-14/h3-6,11,14-15H,7-10H2,1-2H3,(H,17,19)/t14-,15-/m0/s1. The van der Waals surface area contributed by atoms with Crippen molar-refractivity contribution in [3.63, 3.8) is 0 Å². The summed E-state index contributed by atoms with van der Waals surface area (Å²) < 4.78 is 27.3. The topological polar surface area (TPSA) is 66.5 Å². The number of hydrogen-bond donors (Lipinski definition) is 1. The molecule has 2 atom stereocenters. The van der Waals surface area contributed by atoms with E-state index in [2.05, 4.69) is 19.2 Å². The molecule has 1 N–H and O–H groups in total. The normalized spacial score (nSPS) is 26.0. The Morgan fingerprint density at radius 3 is 2.50 bits per heavy atom. The average Bonchev–Trinajstić information content (AvgIpc) is 2.91. The first kappa shape index (κ1) is 15.5. The van der Waals surface area contributed by atoms with Crippen LogP contribution in [0.3, 0.4) is 0 Å². The molecule has 22 heavy (non-hydrogen) atoms. The number of amides is 1. The average molecular weight is 322 g/mol. The number of nitrogens with one attached hydrogen (secondary N) is 1. The van der Waals surface area contributed by atoms with Crippen molar-refractivity contribution in [2.24, 2.45) is 0 Å². The Labute approximate surface area is 131 Å². The third kappa shape index (κ3) is 2.65. The Balaban J connectivity index is 1.85. The number of carbonyl (C=O) groups excluding carboxylic acids is 1. The van der Waals surface area contributed by atoms with Crippen molar-refractivity contribution < 1.29 is 13.2 Å². The summed E-state index contributed by atoms with van der Waals surface area (Å²) in [7, 11) is -3.49. The summed E-state index contributed by atoms with van der Waals surface area (Å²) in [4.78, 5) is 11.8. The highest BCUT2D eigenvalue weighted by atomic mass is 32.2. The largest absolute Gasteiger partial charge is 0.352 e. The third-order valence-electron chi connectivity index (χ3n) is 4.66. The molecule has 120 valence electrons. The monoisotopic (exact) mass is 322 g/mol. The molecule has 2 saturated heterocycles. The van der Waals surface area contributed by atoms with Gasteiger partial charge < -0.3 is 5.32 Å². The van der Waals surface area contributed by atoms with Crippen molar-refractivity contribution in [1.82, 2.24) is 9.62 Å². The van der Waals surface area contributed by atoms with Crippen molar-refractivity contribution in [3.05, 3.63) is 29.8 Å². The second-order valence-electron chi connectivity index (χ2n) is 6.41. The zero-order chi connectivity index (χ0) is 15.9. The van der Waals surface area contributed by atoms with E-state index in [1.807, 2.05) is 12.1 Å². The summed E-state index contributed by atoms with van der Waals surface area (Å²) >= 11 is 0. The van der Waals surface area contributed by atoms with E-state index < -0.39 is 10.0 Å². The second-order valence-corrected chi connectivity index (χ2v) is 8.30. The molecule has 0 radical (unpaired) electrons. The summed E-state index contributed by atoms with van der Waals surface area (Å²) in [5.41, 5.74) is 1.13. The van der Waals surface area contributed by atoms with Crippen LogP contribution in [0.2, 0.25) is 0 Å². The fraction of sp³-hybridized carbons (Fsp3) is 0.562. The van der Waals surface area contributed by atoms with Crippen LogP contribution in [0, 0.1) is 0 Å². The van der Waals surface area contributed by atoms with E-state index in [1.54, 1.807) is 16.4 Å². The lowest BCUT2D eigenvalue weighted by Gasteiger charge is -2.31. The molecule has 5 nitrogen and oxygen atoms in total. The number of piperidine rings is 1. The van der Waals surface area contributed by atoms with Gasteiger partial charge in [0, 0.05) is 25.0 Å². The van der Waals surface area contributed by atoms with Crippen LogP contribution in [0.15, 0.2) is 29.2 Å². The van der Waals surface area contributed by atoms with Crippen molar-refractivity contribution >= 4 is 15.9 Å². The van der Waals surface area contributed by atoms with Crippen LogP contribution in [0.25, 0.3) is 0 Å². The van der Waals surface area contributed by atoms with Gasteiger partial charge in [-0.25, -0.2) is 8.42 Å². The Kier molecular flexibility index (Phi) is 3.99. The lowest BCUT2D eigenvalue weighted by atomic mass is 10.00. The van der Waals surface area contributed by atoms with E-state index in [0.29, 0.717) is 36.6 Å². The quantitative estimate of drug-likeness (QED) is 0.923. The van der Waals surface area contributed by atoms with Crippen molar-refractivity contribution in [1.29, 1.82) is 0 Å². The van der Waals surface area contributed by atoms with Gasteiger partial charge in [-0.2, -0.15) is 4.31 Å². The molecule has 0 unspecified atom stereocenters. The lowest BCUT2D eigenvalue weighted by molar-refractivity contribution is -0.123. The SMILES string of the molecule is CC(C)c1ccc(S(=O)(=O)N2CC[C@@H]3NC(=O)CC[C@@H]32)cc1. The number of benzene rings is 1. The van der Waals surface area contributed by atoms with Gasteiger partial charge in [-0.15, -0.1) is 0 Å². The highest BCUT2D eigenvalue weighted by Gasteiger charge is 2.44. The van der Waals surface area contributed by atoms with Gasteiger partial charge in [0.15, 0.2) is 0 Å². The van der Waals surface area contributed by atoms with E-state index in [0.717, 1.165) is 5.56 Å². The van der Waals surface area contributed by atoms with E-state index in [1.165, 1.54) is 0 Å². The molecule has 0 spiro atoms. The Morgan fingerprint density at radius 1 is 1.18 bits per heavy atom. The van der Waals surface area contributed by atoms with Crippen LogP contribution in [-0.2, 0) is 14.8 Å². The highest BCUT2D eigenvalue weighted by Crippen LogP contribution is 2.31. The molecule has 2 aliphatic rings. The fourth-order valence-corrected chi connectivity index (χ4v) is 5.06. The number of nitrogens with zero attached hydrogens (tertiary/aromatic N) is 1. The van der Waals surface area contributed by atoms with Gasteiger partial charge in [0.1, 0.15) is 0 Å². The summed E-state index contributed by atoms with van der Waals surface area (Å²) in [6.45, 7) is 4.64. The van der Waals surface area contributed by atoms with Gasteiger partial charge in [0.2, 0.25) is 15.9 Å². The number of rotatable bonds is 3. The van der Waals surface area contributed by atoms with Crippen LogP contribution < -0.4 is 5.32 Å². The molecule has 1 amide bonds. The number of hydrogen-bond acceptors (Lipinski definition) is 3. The maximum Gasteiger partial charge on any atom is 0.243 e. The molecule has 0 saturated carbocycles. The van der Waals surface area contributed by atoms with Gasteiger partial charge in [-0.3, -0.25) is 4.79 Å². The van der Waals surface area contributed by atoms with Gasteiger partial charge in [-0.1, -0.05) is 26.0 Å². The molecular weight excluding hydrogens is 300 g/mol. The zero-order valence-electron chi connectivity index (χ0n) is 13.0. The minimum Gasteiger partial charge on any atom is -0.352 e. The molecule has 1 aromatic rings. The first-order valence-corrected chi connectivity index (χ1v) is 9.25. The predicted octanol–water partition coefficient (Wildman–Crippen LogP) is 1.85. The van der Waals surface area contributed by atoms with Crippen LogP contribution >= 0.6 is 0 Å². The predicted molar refractivity (Wildman–Crippen MR) is 84.0 cm³/mol. The van der Waals surface area contributed by atoms with E-state index in [-0.39, 0.29) is 18.0 Å². The molecular formula is C16H22N2O3S. The molecule has 1 aromatic carbocycles. The van der Waals surface area contributed by atoms with Gasteiger partial charge in [0.05, 0.1) is 4.90 Å². The number of carbonyl (C=O) groups is 1. The molecule has 2 heterocycles. The third-order valence-corrected chi connectivity index (χ3v) is 6.60. The van der Waals surface area contributed by atoms with Gasteiger partial charge >= 0.3 is 0 Å². The van der Waals surface area contributed by atoms with E-state index in [9.17, 15) is 13.2 Å². The van der Waals surface area contributed by atoms with Crippen molar-refractivity contribution in [2.75, 3.05) is 6.54 Å². The van der Waals surface area contributed by atoms with Gasteiger partial charge in [0.25, 0.3) is 0 Å². The van der Waals surface area contributed by atoms with Crippen molar-refractivity contribution in [2.45, 2.75) is 56.0 Å². The van der Waals surface area contributed by atoms with Crippen LogP contribution in [0.4, 0.5) is 0 Å². The summed E-state index contributed by atoms with van der Waals surface area (Å²) in [6, 6.07) is 7.01. The Morgan fingerprint density at radius 2 is 1.86 bits per heavy atom. The van der Waals surface area contributed by atoms with E-state index in [4.69, 9.17) is 0 Å². The Hall–Kier alpha value is -1.40. The van der Waals surface area contributed by atoms with Crippen LogP contribution in [0.5, 0.6) is 0 Å². The number of sulfonamides is 1. The summed E-state index contributed by atoms with van der Waals surface area (Å²) in [6.07, 6.45) is 1.71. The van der Waals surface area contributed by atoms with Gasteiger partial charge in [-0.05, 0) is 36.5 Å². The fourth-order valence-electron chi connectivity index (χ4n) is 3.36.